The zero-order valence-electron chi connectivity index (χ0n) is 16.1. The number of benzene rings is 2. The molecule has 0 fully saturated rings. The van der Waals surface area contributed by atoms with Crippen LogP contribution in [0.25, 0.3) is 0 Å². The van der Waals surface area contributed by atoms with Crippen LogP contribution in [-0.4, -0.2) is 28.2 Å². The molecule has 0 amide bonds. The lowest BCUT2D eigenvalue weighted by Crippen LogP contribution is -2.31. The monoisotopic (exact) mass is 405 g/mol. The Balaban J connectivity index is 1.40. The SMILES string of the molecule is O=[N+]([O-])c1c(NCc2ccc3c(c2)OCO3)ncnc1N1CCc2ccccc2C1. The number of aromatic nitrogens is 2. The van der Waals surface area contributed by atoms with E-state index < -0.39 is 4.92 Å². The summed E-state index contributed by atoms with van der Waals surface area (Å²) < 4.78 is 10.7. The van der Waals surface area contributed by atoms with Crippen LogP contribution in [0.2, 0.25) is 0 Å². The van der Waals surface area contributed by atoms with Crippen LogP contribution in [0.4, 0.5) is 17.3 Å². The molecule has 0 spiro atoms. The number of nitro groups is 1. The molecule has 3 aromatic rings. The molecule has 1 aromatic heterocycles. The maximum atomic E-state index is 11.9. The summed E-state index contributed by atoms with van der Waals surface area (Å²) in [5, 5.41) is 15.0. The Labute approximate surface area is 172 Å². The number of anilines is 2. The first kappa shape index (κ1) is 18.2. The van der Waals surface area contributed by atoms with Gasteiger partial charge in [0.2, 0.25) is 18.4 Å². The van der Waals surface area contributed by atoms with E-state index in [9.17, 15) is 10.1 Å². The van der Waals surface area contributed by atoms with Crippen molar-refractivity contribution in [3.05, 3.63) is 75.6 Å². The van der Waals surface area contributed by atoms with Crippen molar-refractivity contribution in [3.8, 4) is 11.5 Å². The fourth-order valence-corrected chi connectivity index (χ4v) is 3.81. The molecule has 9 heteroatoms. The van der Waals surface area contributed by atoms with E-state index in [4.69, 9.17) is 9.47 Å². The molecule has 0 radical (unpaired) electrons. The zero-order chi connectivity index (χ0) is 20.5. The Morgan fingerprint density at radius 1 is 1.10 bits per heavy atom. The van der Waals surface area contributed by atoms with Crippen LogP contribution in [0.15, 0.2) is 48.8 Å². The van der Waals surface area contributed by atoms with Gasteiger partial charge in [-0.05, 0) is 35.2 Å². The van der Waals surface area contributed by atoms with Gasteiger partial charge >= 0.3 is 5.69 Å². The van der Waals surface area contributed by atoms with E-state index in [-0.39, 0.29) is 18.3 Å². The highest BCUT2D eigenvalue weighted by atomic mass is 16.7. The van der Waals surface area contributed by atoms with E-state index in [1.54, 1.807) is 0 Å². The fraction of sp³-hybridized carbons (Fsp3) is 0.238. The molecule has 5 rings (SSSR count). The predicted octanol–water partition coefficient (Wildman–Crippen LogP) is 3.29. The molecule has 0 unspecified atom stereocenters. The van der Waals surface area contributed by atoms with E-state index in [0.29, 0.717) is 37.0 Å². The minimum atomic E-state index is -0.419. The minimum Gasteiger partial charge on any atom is -0.454 e. The number of hydrogen-bond donors (Lipinski definition) is 1. The van der Waals surface area contributed by atoms with Gasteiger partial charge in [-0.1, -0.05) is 30.3 Å². The quantitative estimate of drug-likeness (QED) is 0.510. The summed E-state index contributed by atoms with van der Waals surface area (Å²) in [5.74, 6) is 1.89. The van der Waals surface area contributed by atoms with Gasteiger partial charge in [0, 0.05) is 19.6 Å². The molecule has 0 aliphatic carbocycles. The van der Waals surface area contributed by atoms with Crippen molar-refractivity contribution in [2.24, 2.45) is 0 Å². The van der Waals surface area contributed by atoms with E-state index in [1.165, 1.54) is 11.9 Å². The highest BCUT2D eigenvalue weighted by Gasteiger charge is 2.29. The summed E-state index contributed by atoms with van der Waals surface area (Å²) in [7, 11) is 0. The summed E-state index contributed by atoms with van der Waals surface area (Å²) in [6.07, 6.45) is 2.18. The average molecular weight is 405 g/mol. The molecule has 0 saturated carbocycles. The largest absolute Gasteiger partial charge is 0.454 e. The maximum Gasteiger partial charge on any atom is 0.353 e. The van der Waals surface area contributed by atoms with Gasteiger partial charge in [-0.15, -0.1) is 0 Å². The lowest BCUT2D eigenvalue weighted by molar-refractivity contribution is -0.383. The van der Waals surface area contributed by atoms with Gasteiger partial charge < -0.3 is 19.7 Å². The predicted molar refractivity (Wildman–Crippen MR) is 110 cm³/mol. The van der Waals surface area contributed by atoms with E-state index in [1.807, 2.05) is 41.3 Å². The van der Waals surface area contributed by atoms with Crippen molar-refractivity contribution in [2.75, 3.05) is 23.6 Å². The highest BCUT2D eigenvalue weighted by Crippen LogP contribution is 2.36. The summed E-state index contributed by atoms with van der Waals surface area (Å²) >= 11 is 0. The molecular formula is C21H19N5O4. The number of rotatable bonds is 5. The summed E-state index contributed by atoms with van der Waals surface area (Å²) in [4.78, 5) is 21.8. The van der Waals surface area contributed by atoms with Gasteiger partial charge in [-0.3, -0.25) is 10.1 Å². The Morgan fingerprint density at radius 2 is 1.93 bits per heavy atom. The van der Waals surface area contributed by atoms with Crippen molar-refractivity contribution < 1.29 is 14.4 Å². The molecule has 2 aliphatic rings. The summed E-state index contributed by atoms with van der Waals surface area (Å²) in [6.45, 7) is 1.80. The van der Waals surface area contributed by atoms with Gasteiger partial charge in [-0.25, -0.2) is 9.97 Å². The van der Waals surface area contributed by atoms with Crippen LogP contribution in [0, 0.1) is 10.1 Å². The smallest absolute Gasteiger partial charge is 0.353 e. The van der Waals surface area contributed by atoms with Crippen LogP contribution in [-0.2, 0) is 19.5 Å². The Hall–Kier alpha value is -3.88. The van der Waals surface area contributed by atoms with Crippen LogP contribution in [0.5, 0.6) is 11.5 Å². The number of hydrogen-bond acceptors (Lipinski definition) is 8. The van der Waals surface area contributed by atoms with Crippen LogP contribution < -0.4 is 19.7 Å². The van der Waals surface area contributed by atoms with Gasteiger partial charge in [0.25, 0.3) is 0 Å². The molecule has 9 nitrogen and oxygen atoms in total. The third kappa shape index (κ3) is 3.34. The molecule has 0 saturated heterocycles. The Kier molecular flexibility index (Phi) is 4.55. The second-order valence-electron chi connectivity index (χ2n) is 7.13. The van der Waals surface area contributed by atoms with Gasteiger partial charge in [-0.2, -0.15) is 0 Å². The third-order valence-corrected chi connectivity index (χ3v) is 5.31. The van der Waals surface area contributed by atoms with Crippen LogP contribution >= 0.6 is 0 Å². The first-order chi connectivity index (χ1) is 14.7. The Bertz CT molecular complexity index is 1120. The second-order valence-corrected chi connectivity index (χ2v) is 7.13. The van der Waals surface area contributed by atoms with Gasteiger partial charge in [0.05, 0.1) is 4.92 Å². The van der Waals surface area contributed by atoms with Crippen molar-refractivity contribution in [2.45, 2.75) is 19.5 Å². The topological polar surface area (TPSA) is 103 Å². The first-order valence-corrected chi connectivity index (χ1v) is 9.62. The number of nitrogens with zero attached hydrogens (tertiary/aromatic N) is 4. The number of ether oxygens (including phenoxy) is 2. The normalized spacial score (nSPS) is 14.3. The third-order valence-electron chi connectivity index (χ3n) is 5.31. The van der Waals surface area contributed by atoms with Gasteiger partial charge in [0.15, 0.2) is 11.5 Å². The molecule has 1 N–H and O–H groups in total. The number of nitrogens with one attached hydrogen (secondary N) is 1. The minimum absolute atomic E-state index is 0.113. The van der Waals surface area contributed by atoms with E-state index >= 15 is 0 Å². The standard InChI is InChI=1S/C21H19N5O4/c27-26(28)19-20(22-10-14-5-6-17-18(9-14)30-13-29-17)23-12-24-21(19)25-8-7-15-3-1-2-4-16(15)11-25/h1-6,9,12H,7-8,10-11,13H2,(H,22,23,24). The lowest BCUT2D eigenvalue weighted by atomic mass is 10.00. The van der Waals surface area contributed by atoms with Crippen molar-refractivity contribution in [3.63, 3.8) is 0 Å². The van der Waals surface area contributed by atoms with Crippen molar-refractivity contribution in [1.29, 1.82) is 0 Å². The molecular weight excluding hydrogens is 386 g/mol. The molecule has 152 valence electrons. The first-order valence-electron chi connectivity index (χ1n) is 9.62. The molecule has 2 aromatic carbocycles. The molecule has 0 bridgehead atoms. The zero-order valence-corrected chi connectivity index (χ0v) is 16.1. The average Bonchev–Trinajstić information content (AvgIpc) is 3.25. The summed E-state index contributed by atoms with van der Waals surface area (Å²) in [6, 6.07) is 13.7. The van der Waals surface area contributed by atoms with Crippen molar-refractivity contribution >= 4 is 17.3 Å². The Morgan fingerprint density at radius 3 is 2.80 bits per heavy atom. The maximum absolute atomic E-state index is 11.9. The van der Waals surface area contributed by atoms with Crippen LogP contribution in [0.1, 0.15) is 16.7 Å². The highest BCUT2D eigenvalue weighted by molar-refractivity contribution is 5.70. The lowest BCUT2D eigenvalue weighted by Gasteiger charge is -2.29. The summed E-state index contributed by atoms with van der Waals surface area (Å²) in [5.41, 5.74) is 3.22. The molecule has 0 atom stereocenters. The van der Waals surface area contributed by atoms with Crippen LogP contribution in [0.3, 0.4) is 0 Å². The fourth-order valence-electron chi connectivity index (χ4n) is 3.81. The molecule has 30 heavy (non-hydrogen) atoms. The van der Waals surface area contributed by atoms with Crippen molar-refractivity contribution in [1.82, 2.24) is 9.97 Å². The molecule has 2 aliphatic heterocycles. The van der Waals surface area contributed by atoms with E-state index in [2.05, 4.69) is 21.4 Å². The number of fused-ring (bicyclic) bond motifs is 2. The molecule has 3 heterocycles. The van der Waals surface area contributed by atoms with Gasteiger partial charge in [0.1, 0.15) is 6.33 Å². The second kappa shape index (κ2) is 7.51. The van der Waals surface area contributed by atoms with E-state index in [0.717, 1.165) is 17.5 Å².